The molecule has 1 aliphatic heterocycles. The zero-order valence-electron chi connectivity index (χ0n) is 10.9. The lowest BCUT2D eigenvalue weighted by atomic mass is 9.90. The second-order valence-electron chi connectivity index (χ2n) is 5.04. The molecule has 4 heteroatoms. The van der Waals surface area contributed by atoms with Gasteiger partial charge in [0, 0.05) is 22.6 Å². The third kappa shape index (κ3) is 2.58. The molecule has 1 aliphatic rings. The first-order chi connectivity index (χ1) is 9.66. The maximum absolute atomic E-state index is 13.5. The summed E-state index contributed by atoms with van der Waals surface area (Å²) in [6.45, 7) is 0. The average molecular weight is 308 g/mol. The minimum atomic E-state index is -0.377. The van der Waals surface area contributed by atoms with Gasteiger partial charge < -0.3 is 5.73 Å². The van der Waals surface area contributed by atoms with E-state index in [4.69, 9.17) is 17.3 Å². The summed E-state index contributed by atoms with van der Waals surface area (Å²) in [4.78, 5) is 1.30. The largest absolute Gasteiger partial charge is 0.327 e. The maximum Gasteiger partial charge on any atom is 0.142 e. The zero-order chi connectivity index (χ0) is 14.1. The number of hydrogen-bond donors (Lipinski definition) is 1. The number of fused-ring (bicyclic) bond motifs is 1. The highest BCUT2D eigenvalue weighted by molar-refractivity contribution is 7.99. The summed E-state index contributed by atoms with van der Waals surface area (Å²) in [5, 5.41) is 0.196. The number of hydrogen-bond acceptors (Lipinski definition) is 2. The van der Waals surface area contributed by atoms with Crippen molar-refractivity contribution in [3.05, 3.63) is 64.4 Å². The van der Waals surface area contributed by atoms with Crippen molar-refractivity contribution in [1.82, 2.24) is 0 Å². The molecule has 2 atom stereocenters. The third-order valence-corrected chi connectivity index (χ3v) is 5.37. The Bertz CT molecular complexity index is 632. The van der Waals surface area contributed by atoms with Gasteiger partial charge in [-0.25, -0.2) is 4.39 Å². The fourth-order valence-electron chi connectivity index (χ4n) is 2.64. The molecule has 2 aromatic carbocycles. The first-order valence-electron chi connectivity index (χ1n) is 6.57. The van der Waals surface area contributed by atoms with Gasteiger partial charge in [-0.3, -0.25) is 0 Å². The number of rotatable bonds is 3. The molecule has 0 spiro atoms. The molecule has 1 heterocycles. The summed E-state index contributed by atoms with van der Waals surface area (Å²) in [6, 6.07) is 13.2. The van der Waals surface area contributed by atoms with Gasteiger partial charge >= 0.3 is 0 Å². The van der Waals surface area contributed by atoms with Crippen molar-refractivity contribution >= 4 is 23.4 Å². The van der Waals surface area contributed by atoms with E-state index in [1.807, 2.05) is 30.0 Å². The molecule has 0 amide bonds. The molecule has 0 aromatic heterocycles. The SMILES string of the molecule is NC(Cc1cccc(F)c1Cl)C1CSc2ccccc21. The van der Waals surface area contributed by atoms with Crippen LogP contribution in [0.2, 0.25) is 5.02 Å². The van der Waals surface area contributed by atoms with Crippen molar-refractivity contribution in [3.8, 4) is 0 Å². The molecule has 2 aromatic rings. The van der Waals surface area contributed by atoms with Crippen molar-refractivity contribution in [3.63, 3.8) is 0 Å². The molecule has 0 aliphatic carbocycles. The summed E-state index contributed by atoms with van der Waals surface area (Å²) in [6.07, 6.45) is 0.593. The molecule has 0 saturated heterocycles. The van der Waals surface area contributed by atoms with E-state index in [1.165, 1.54) is 16.5 Å². The van der Waals surface area contributed by atoms with Crippen molar-refractivity contribution in [2.45, 2.75) is 23.3 Å². The Balaban J connectivity index is 1.81. The summed E-state index contributed by atoms with van der Waals surface area (Å²) in [5.41, 5.74) is 8.44. The molecular formula is C16H15ClFNS. The zero-order valence-corrected chi connectivity index (χ0v) is 12.4. The Morgan fingerprint density at radius 1 is 1.25 bits per heavy atom. The van der Waals surface area contributed by atoms with Crippen LogP contribution in [0.15, 0.2) is 47.4 Å². The number of nitrogens with two attached hydrogens (primary N) is 1. The van der Waals surface area contributed by atoms with Crippen molar-refractivity contribution in [2.75, 3.05) is 5.75 Å². The van der Waals surface area contributed by atoms with Gasteiger partial charge in [-0.1, -0.05) is 41.9 Å². The van der Waals surface area contributed by atoms with Gasteiger partial charge in [0.2, 0.25) is 0 Å². The van der Waals surface area contributed by atoms with Crippen LogP contribution in [0.5, 0.6) is 0 Å². The molecule has 0 bridgehead atoms. The first kappa shape index (κ1) is 13.9. The lowest BCUT2D eigenvalue weighted by Crippen LogP contribution is -2.31. The van der Waals surface area contributed by atoms with Crippen LogP contribution in [0, 0.1) is 5.82 Å². The van der Waals surface area contributed by atoms with Crippen molar-refractivity contribution < 1.29 is 4.39 Å². The Kier molecular flexibility index (Phi) is 4.01. The molecule has 3 rings (SSSR count). The van der Waals surface area contributed by atoms with E-state index in [0.717, 1.165) is 11.3 Å². The Morgan fingerprint density at radius 3 is 2.90 bits per heavy atom. The van der Waals surface area contributed by atoms with Crippen LogP contribution >= 0.6 is 23.4 Å². The lowest BCUT2D eigenvalue weighted by molar-refractivity contribution is 0.567. The van der Waals surface area contributed by atoms with E-state index in [0.29, 0.717) is 12.3 Å². The fourth-order valence-corrected chi connectivity index (χ4v) is 4.19. The van der Waals surface area contributed by atoms with E-state index in [9.17, 15) is 4.39 Å². The molecular weight excluding hydrogens is 293 g/mol. The van der Waals surface area contributed by atoms with Crippen LogP contribution in [0.4, 0.5) is 4.39 Å². The molecule has 2 unspecified atom stereocenters. The van der Waals surface area contributed by atoms with Crippen molar-refractivity contribution in [2.24, 2.45) is 5.73 Å². The second kappa shape index (κ2) is 5.76. The second-order valence-corrected chi connectivity index (χ2v) is 6.48. The van der Waals surface area contributed by atoms with Gasteiger partial charge in [-0.05, 0) is 29.7 Å². The molecule has 2 N–H and O–H groups in total. The normalized spacial score (nSPS) is 18.9. The number of benzene rings is 2. The number of halogens is 2. The quantitative estimate of drug-likeness (QED) is 0.918. The summed E-state index contributed by atoms with van der Waals surface area (Å²) in [5.74, 6) is 0.904. The van der Waals surface area contributed by atoms with E-state index < -0.39 is 0 Å². The summed E-state index contributed by atoms with van der Waals surface area (Å²) >= 11 is 7.84. The highest BCUT2D eigenvalue weighted by Gasteiger charge is 2.28. The van der Waals surface area contributed by atoms with E-state index in [1.54, 1.807) is 6.07 Å². The minimum absolute atomic E-state index is 0.0505. The highest BCUT2D eigenvalue weighted by Crippen LogP contribution is 2.41. The highest BCUT2D eigenvalue weighted by atomic mass is 35.5. The first-order valence-corrected chi connectivity index (χ1v) is 7.93. The third-order valence-electron chi connectivity index (χ3n) is 3.74. The molecule has 0 fully saturated rings. The van der Waals surface area contributed by atoms with Crippen molar-refractivity contribution in [1.29, 1.82) is 0 Å². The van der Waals surface area contributed by atoms with Gasteiger partial charge in [0.15, 0.2) is 0 Å². The predicted octanol–water partition coefficient (Wildman–Crippen LogP) is 4.24. The summed E-state index contributed by atoms with van der Waals surface area (Å²) < 4.78 is 13.5. The van der Waals surface area contributed by atoms with Gasteiger partial charge in [0.05, 0.1) is 5.02 Å². The molecule has 20 heavy (non-hydrogen) atoms. The smallest absolute Gasteiger partial charge is 0.142 e. The monoisotopic (exact) mass is 307 g/mol. The van der Waals surface area contributed by atoms with Crippen LogP contribution in [0.3, 0.4) is 0 Å². The Hall–Kier alpha value is -1.03. The van der Waals surface area contributed by atoms with Gasteiger partial charge in [-0.15, -0.1) is 11.8 Å². The van der Waals surface area contributed by atoms with E-state index in [-0.39, 0.29) is 16.9 Å². The summed E-state index contributed by atoms with van der Waals surface area (Å²) in [7, 11) is 0. The van der Waals surface area contributed by atoms with Gasteiger partial charge in [-0.2, -0.15) is 0 Å². The topological polar surface area (TPSA) is 26.0 Å². The predicted molar refractivity (Wildman–Crippen MR) is 83.0 cm³/mol. The van der Waals surface area contributed by atoms with E-state index in [2.05, 4.69) is 12.1 Å². The van der Waals surface area contributed by atoms with Crippen LogP contribution in [-0.4, -0.2) is 11.8 Å². The fraction of sp³-hybridized carbons (Fsp3) is 0.250. The minimum Gasteiger partial charge on any atom is -0.327 e. The maximum atomic E-state index is 13.5. The Labute approximate surface area is 127 Å². The van der Waals surface area contributed by atoms with Gasteiger partial charge in [0.25, 0.3) is 0 Å². The van der Waals surface area contributed by atoms with Crippen LogP contribution < -0.4 is 5.73 Å². The standard InChI is InChI=1S/C16H15ClFNS/c17-16-10(4-3-6-13(16)18)8-14(19)12-9-20-15-7-2-1-5-11(12)15/h1-7,12,14H,8-9,19H2. The van der Waals surface area contributed by atoms with Gasteiger partial charge in [0.1, 0.15) is 5.82 Å². The molecule has 1 nitrogen and oxygen atoms in total. The molecule has 104 valence electrons. The van der Waals surface area contributed by atoms with Crippen LogP contribution in [-0.2, 0) is 6.42 Å². The Morgan fingerprint density at radius 2 is 2.05 bits per heavy atom. The lowest BCUT2D eigenvalue weighted by Gasteiger charge is -2.20. The van der Waals surface area contributed by atoms with E-state index >= 15 is 0 Å². The average Bonchev–Trinajstić information content (AvgIpc) is 2.88. The molecule has 0 saturated carbocycles. The van der Waals surface area contributed by atoms with Crippen LogP contribution in [0.25, 0.3) is 0 Å². The van der Waals surface area contributed by atoms with Crippen LogP contribution in [0.1, 0.15) is 17.0 Å². The molecule has 0 radical (unpaired) electrons. The number of thioether (sulfide) groups is 1.